The van der Waals surface area contributed by atoms with Crippen LogP contribution in [0.5, 0.6) is 0 Å². The Morgan fingerprint density at radius 2 is 1.85 bits per heavy atom. The quantitative estimate of drug-likeness (QED) is 0.368. The highest BCUT2D eigenvalue weighted by Crippen LogP contribution is 2.29. The molecule has 1 aliphatic rings. The van der Waals surface area contributed by atoms with Crippen LogP contribution in [0.15, 0.2) is 53.6 Å². The summed E-state index contributed by atoms with van der Waals surface area (Å²) in [5.74, 6) is -0.464. The van der Waals surface area contributed by atoms with Crippen molar-refractivity contribution in [3.05, 3.63) is 85.7 Å². The zero-order chi connectivity index (χ0) is 27.8. The number of carbonyl (C=O) groups excluding carboxylic acids is 2. The van der Waals surface area contributed by atoms with Gasteiger partial charge in [0.25, 0.3) is 11.5 Å². The fourth-order valence-electron chi connectivity index (χ4n) is 4.91. The minimum absolute atomic E-state index is 0.0918. The standard InChI is InChI=1S/C29H30ClN5O3S/c1-17-5-9-22(10-6-17)35-12-11-33(14-19(35)3)29(38)26-20(4)25-27(39-26)31-16-34(28(25)37)15-24(36)32-21-8-7-18(2)23(30)13-21/h5-10,13,16,19H,11-12,14-15H2,1-4H3,(H,32,36)/t19-/m1/s1. The minimum Gasteiger partial charge on any atom is -0.365 e. The fraction of sp³-hybridized carbons (Fsp3) is 0.310. The third-order valence-corrected chi connectivity index (χ3v) is 8.76. The summed E-state index contributed by atoms with van der Waals surface area (Å²) < 4.78 is 1.27. The second-order valence-electron chi connectivity index (χ2n) is 10.1. The van der Waals surface area contributed by atoms with E-state index in [0.29, 0.717) is 44.5 Å². The molecule has 5 rings (SSSR count). The normalized spacial score (nSPS) is 15.6. The van der Waals surface area contributed by atoms with Crippen molar-refractivity contribution in [2.24, 2.45) is 0 Å². The molecule has 0 spiro atoms. The van der Waals surface area contributed by atoms with E-state index in [4.69, 9.17) is 11.6 Å². The smallest absolute Gasteiger partial charge is 0.264 e. The van der Waals surface area contributed by atoms with E-state index in [1.807, 2.05) is 17.9 Å². The predicted molar refractivity (Wildman–Crippen MR) is 157 cm³/mol. The van der Waals surface area contributed by atoms with Gasteiger partial charge >= 0.3 is 0 Å². The maximum absolute atomic E-state index is 13.6. The van der Waals surface area contributed by atoms with Crippen LogP contribution in [0.2, 0.25) is 5.02 Å². The van der Waals surface area contributed by atoms with Gasteiger partial charge in [0.15, 0.2) is 0 Å². The van der Waals surface area contributed by atoms with Crippen LogP contribution in [-0.2, 0) is 11.3 Å². The van der Waals surface area contributed by atoms with Gasteiger partial charge in [-0.15, -0.1) is 11.3 Å². The summed E-state index contributed by atoms with van der Waals surface area (Å²) in [6.07, 6.45) is 1.36. The monoisotopic (exact) mass is 563 g/mol. The molecule has 1 atom stereocenters. The van der Waals surface area contributed by atoms with Crippen molar-refractivity contribution in [3.8, 4) is 0 Å². The Balaban J connectivity index is 1.32. The zero-order valence-electron chi connectivity index (χ0n) is 22.3. The van der Waals surface area contributed by atoms with E-state index in [0.717, 1.165) is 17.8 Å². The van der Waals surface area contributed by atoms with Crippen LogP contribution in [0.1, 0.15) is 33.3 Å². The Labute approximate surface area is 235 Å². The highest BCUT2D eigenvalue weighted by Gasteiger charge is 2.30. The number of carbonyl (C=O) groups is 2. The fourth-order valence-corrected chi connectivity index (χ4v) is 6.19. The van der Waals surface area contributed by atoms with Gasteiger partial charge in [-0.1, -0.05) is 35.4 Å². The predicted octanol–water partition coefficient (Wildman–Crippen LogP) is 5.03. The number of aromatic nitrogens is 2. The molecule has 1 saturated heterocycles. The summed E-state index contributed by atoms with van der Waals surface area (Å²) in [6, 6.07) is 13.8. The average Bonchev–Trinajstić information content (AvgIpc) is 3.25. The topological polar surface area (TPSA) is 87.5 Å². The summed E-state index contributed by atoms with van der Waals surface area (Å²) in [7, 11) is 0. The van der Waals surface area contributed by atoms with Crippen LogP contribution in [0.4, 0.5) is 11.4 Å². The minimum atomic E-state index is -0.372. The molecule has 8 nitrogen and oxygen atoms in total. The molecule has 0 radical (unpaired) electrons. The number of nitrogens with one attached hydrogen (secondary N) is 1. The molecule has 202 valence electrons. The van der Waals surface area contributed by atoms with E-state index in [1.165, 1.54) is 27.8 Å². The van der Waals surface area contributed by atoms with Crippen LogP contribution in [0, 0.1) is 20.8 Å². The number of anilines is 2. The molecule has 2 amide bonds. The summed E-state index contributed by atoms with van der Waals surface area (Å²) in [6.45, 7) is 9.54. The molecule has 1 N–H and O–H groups in total. The van der Waals surface area contributed by atoms with Crippen molar-refractivity contribution in [2.45, 2.75) is 40.3 Å². The van der Waals surface area contributed by atoms with E-state index in [-0.39, 0.29) is 30.0 Å². The van der Waals surface area contributed by atoms with Crippen LogP contribution in [0.3, 0.4) is 0 Å². The largest absolute Gasteiger partial charge is 0.365 e. The first-order chi connectivity index (χ1) is 18.6. The Hall–Kier alpha value is -3.69. The van der Waals surface area contributed by atoms with Crippen LogP contribution in [0.25, 0.3) is 10.2 Å². The van der Waals surface area contributed by atoms with Crippen LogP contribution in [-0.4, -0.2) is 51.9 Å². The number of benzene rings is 2. The Morgan fingerprint density at radius 1 is 1.10 bits per heavy atom. The summed E-state index contributed by atoms with van der Waals surface area (Å²) in [5.41, 5.74) is 4.08. The lowest BCUT2D eigenvalue weighted by molar-refractivity contribution is -0.116. The SMILES string of the molecule is Cc1ccc(N2CCN(C(=O)c3sc4ncn(CC(=O)Nc5ccc(C)c(Cl)c5)c(=O)c4c3C)C[C@H]2C)cc1. The molecule has 1 fully saturated rings. The number of aryl methyl sites for hydroxylation is 3. The number of hydrogen-bond donors (Lipinski definition) is 1. The highest BCUT2D eigenvalue weighted by atomic mass is 35.5. The average molecular weight is 564 g/mol. The first-order valence-electron chi connectivity index (χ1n) is 12.8. The molecular weight excluding hydrogens is 534 g/mol. The van der Waals surface area contributed by atoms with Crippen molar-refractivity contribution in [2.75, 3.05) is 29.9 Å². The number of piperazine rings is 1. The Bertz CT molecular complexity index is 1630. The summed E-state index contributed by atoms with van der Waals surface area (Å²) >= 11 is 7.38. The van der Waals surface area contributed by atoms with E-state index < -0.39 is 0 Å². The van der Waals surface area contributed by atoms with Gasteiger partial charge in [0, 0.05) is 42.1 Å². The molecular formula is C29H30ClN5O3S. The molecule has 1 aliphatic heterocycles. The van der Waals surface area contributed by atoms with Gasteiger partial charge in [-0.25, -0.2) is 4.98 Å². The van der Waals surface area contributed by atoms with E-state index >= 15 is 0 Å². The number of thiophene rings is 1. The van der Waals surface area contributed by atoms with Gasteiger partial charge in [0.1, 0.15) is 11.4 Å². The number of halogens is 1. The first kappa shape index (κ1) is 26.9. The number of hydrogen-bond acceptors (Lipinski definition) is 6. The molecule has 2 aromatic carbocycles. The second-order valence-corrected chi connectivity index (χ2v) is 11.5. The van der Waals surface area contributed by atoms with Crippen molar-refractivity contribution in [1.29, 1.82) is 0 Å². The lowest BCUT2D eigenvalue weighted by Gasteiger charge is -2.41. The molecule has 10 heteroatoms. The zero-order valence-corrected chi connectivity index (χ0v) is 23.9. The highest BCUT2D eigenvalue weighted by molar-refractivity contribution is 7.20. The van der Waals surface area contributed by atoms with E-state index in [1.54, 1.807) is 19.1 Å². The van der Waals surface area contributed by atoms with Gasteiger partial charge in [-0.2, -0.15) is 0 Å². The van der Waals surface area contributed by atoms with Crippen molar-refractivity contribution >= 4 is 56.3 Å². The van der Waals surface area contributed by atoms with Gasteiger partial charge in [-0.3, -0.25) is 19.0 Å². The molecule has 3 heterocycles. The number of rotatable bonds is 5. The van der Waals surface area contributed by atoms with Gasteiger partial charge in [-0.05, 0) is 63.1 Å². The molecule has 0 unspecified atom stereocenters. The molecule has 2 aromatic heterocycles. The second kappa shape index (κ2) is 10.8. The molecule has 0 saturated carbocycles. The molecule has 39 heavy (non-hydrogen) atoms. The third kappa shape index (κ3) is 5.42. The molecule has 4 aromatic rings. The van der Waals surface area contributed by atoms with E-state index in [9.17, 15) is 14.4 Å². The van der Waals surface area contributed by atoms with Crippen LogP contribution < -0.4 is 15.8 Å². The van der Waals surface area contributed by atoms with Crippen LogP contribution >= 0.6 is 22.9 Å². The summed E-state index contributed by atoms with van der Waals surface area (Å²) in [5, 5.41) is 3.69. The third-order valence-electron chi connectivity index (χ3n) is 7.16. The first-order valence-corrected chi connectivity index (χ1v) is 14.0. The maximum Gasteiger partial charge on any atom is 0.264 e. The Morgan fingerprint density at radius 3 is 2.54 bits per heavy atom. The maximum atomic E-state index is 13.6. The lowest BCUT2D eigenvalue weighted by atomic mass is 10.1. The molecule has 0 bridgehead atoms. The van der Waals surface area contributed by atoms with E-state index in [2.05, 4.69) is 53.3 Å². The van der Waals surface area contributed by atoms with Gasteiger partial charge < -0.3 is 15.1 Å². The van der Waals surface area contributed by atoms with Crippen molar-refractivity contribution < 1.29 is 9.59 Å². The number of amides is 2. The molecule has 0 aliphatic carbocycles. The number of fused-ring (bicyclic) bond motifs is 1. The summed E-state index contributed by atoms with van der Waals surface area (Å²) in [4.78, 5) is 49.1. The Kier molecular flexibility index (Phi) is 7.46. The van der Waals surface area contributed by atoms with Gasteiger partial charge in [0.05, 0.1) is 16.6 Å². The number of nitrogens with zero attached hydrogens (tertiary/aromatic N) is 4. The van der Waals surface area contributed by atoms with Crippen molar-refractivity contribution in [3.63, 3.8) is 0 Å². The van der Waals surface area contributed by atoms with Gasteiger partial charge in [0.2, 0.25) is 5.91 Å². The lowest BCUT2D eigenvalue weighted by Crippen LogP contribution is -2.53. The van der Waals surface area contributed by atoms with Crippen molar-refractivity contribution in [1.82, 2.24) is 14.5 Å².